The van der Waals surface area contributed by atoms with E-state index in [1.165, 1.54) is 161 Å². The van der Waals surface area contributed by atoms with Gasteiger partial charge in [-0.25, -0.2) is 0 Å². The normalized spacial score (nSPS) is 38.4. The Balaban J connectivity index is 1.45. The third kappa shape index (κ3) is 9.27. The summed E-state index contributed by atoms with van der Waals surface area (Å²) in [6, 6.07) is 0. The van der Waals surface area contributed by atoms with Gasteiger partial charge >= 0.3 is 0 Å². The third-order valence-corrected chi connectivity index (χ3v) is 9.92. The van der Waals surface area contributed by atoms with Gasteiger partial charge in [0.25, 0.3) is 0 Å². The monoisotopic (exact) mass is 470 g/mol. The number of nitrogens with zero attached hydrogens (tertiary/aromatic N) is 2. The second-order valence-electron chi connectivity index (χ2n) is 12.7. The van der Waals surface area contributed by atoms with E-state index in [-0.39, 0.29) is 0 Å². The molecule has 34 heavy (non-hydrogen) atoms. The smallest absolute Gasteiger partial charge is 0.00127 e. The summed E-state index contributed by atoms with van der Waals surface area (Å²) in [6.07, 6.45) is 34.1. The number of fused-ring (bicyclic) bond motifs is 11. The molecule has 0 radical (unpaired) electrons. The van der Waals surface area contributed by atoms with Crippen LogP contribution in [0.4, 0.5) is 0 Å². The molecular weight excluding hydrogens is 412 g/mol. The number of allylic oxidation sites excluding steroid dienone is 2. The average molecular weight is 471 g/mol. The predicted octanol–water partition coefficient (Wildman–Crippen LogP) is 8.47. The summed E-state index contributed by atoms with van der Waals surface area (Å²) in [5.74, 6) is 3.95. The molecule has 0 aromatic heterocycles. The van der Waals surface area contributed by atoms with Crippen LogP contribution in [0.1, 0.15) is 128 Å². The van der Waals surface area contributed by atoms with Crippen LogP contribution < -0.4 is 0 Å². The fourth-order valence-electron chi connectivity index (χ4n) is 7.99. The molecule has 6 atom stereocenters. The second-order valence-corrected chi connectivity index (χ2v) is 12.7. The van der Waals surface area contributed by atoms with Crippen LogP contribution >= 0.6 is 0 Å². The standard InChI is InChI=1S/C32H58N2/c1-2-5-10-14-18-23-34-26-29-19-15-11-7-4-6-9-13-17-22-33-24-21-32(31(25-29)28-34)30(27-33)20-16-12-8-3-1/h2,5,29-32H,1,3-4,6-28H2/t29-,30+,31+,32-/m0/s1. The molecule has 196 valence electrons. The van der Waals surface area contributed by atoms with Gasteiger partial charge in [-0.15, -0.1) is 0 Å². The lowest BCUT2D eigenvalue weighted by molar-refractivity contribution is 0.0185. The van der Waals surface area contributed by atoms with Gasteiger partial charge in [-0.3, -0.25) is 0 Å². The maximum absolute atomic E-state index is 2.94. The molecule has 5 aliphatic heterocycles. The fourth-order valence-corrected chi connectivity index (χ4v) is 7.99. The number of rotatable bonds is 0. The highest BCUT2D eigenvalue weighted by Crippen LogP contribution is 2.40. The lowest BCUT2D eigenvalue weighted by Gasteiger charge is -2.47. The Morgan fingerprint density at radius 2 is 1.03 bits per heavy atom. The van der Waals surface area contributed by atoms with Crippen molar-refractivity contribution < 1.29 is 0 Å². The number of piperidine rings is 2. The molecule has 0 saturated carbocycles. The number of hydrogen-bond acceptors (Lipinski definition) is 2. The minimum Gasteiger partial charge on any atom is -0.303 e. The van der Waals surface area contributed by atoms with Crippen molar-refractivity contribution in [3.63, 3.8) is 0 Å². The van der Waals surface area contributed by atoms with Crippen LogP contribution in [0.25, 0.3) is 0 Å². The molecule has 5 rings (SSSR count). The van der Waals surface area contributed by atoms with Gasteiger partial charge in [0, 0.05) is 19.6 Å². The van der Waals surface area contributed by atoms with E-state index in [1.807, 2.05) is 0 Å². The van der Waals surface area contributed by atoms with Crippen LogP contribution in [0.15, 0.2) is 12.2 Å². The zero-order valence-corrected chi connectivity index (χ0v) is 22.7. The Morgan fingerprint density at radius 3 is 1.85 bits per heavy atom. The summed E-state index contributed by atoms with van der Waals surface area (Å²) in [7, 11) is 0. The Kier molecular flexibility index (Phi) is 12.3. The summed E-state index contributed by atoms with van der Waals surface area (Å²) in [4.78, 5) is 5.84. The highest BCUT2D eigenvalue weighted by Gasteiger charge is 2.38. The molecule has 0 aromatic carbocycles. The van der Waals surface area contributed by atoms with E-state index >= 15 is 0 Å². The molecule has 5 heterocycles. The average Bonchev–Trinajstić information content (AvgIpc) is 2.85. The van der Waals surface area contributed by atoms with Gasteiger partial charge in [0.05, 0.1) is 0 Å². The van der Waals surface area contributed by atoms with E-state index in [9.17, 15) is 0 Å². The molecule has 0 amide bonds. The predicted molar refractivity (Wildman–Crippen MR) is 148 cm³/mol. The maximum atomic E-state index is 2.94. The van der Waals surface area contributed by atoms with Gasteiger partial charge in [0.15, 0.2) is 0 Å². The first kappa shape index (κ1) is 26.7. The zero-order chi connectivity index (χ0) is 23.3. The first-order valence-corrected chi connectivity index (χ1v) is 16.0. The topological polar surface area (TPSA) is 6.48 Å². The Labute approximate surface area is 213 Å². The van der Waals surface area contributed by atoms with Crippen molar-refractivity contribution in [3.05, 3.63) is 12.2 Å². The molecule has 2 unspecified atom stereocenters. The van der Waals surface area contributed by atoms with Crippen molar-refractivity contribution in [1.29, 1.82) is 0 Å². The van der Waals surface area contributed by atoms with Crippen LogP contribution in [-0.4, -0.2) is 49.1 Å². The second kappa shape index (κ2) is 15.7. The van der Waals surface area contributed by atoms with Gasteiger partial charge in [0.1, 0.15) is 0 Å². The van der Waals surface area contributed by atoms with Crippen LogP contribution in [0.5, 0.6) is 0 Å². The highest BCUT2D eigenvalue weighted by molar-refractivity contribution is 4.90. The molecule has 4 saturated heterocycles. The van der Waals surface area contributed by atoms with Crippen molar-refractivity contribution in [1.82, 2.24) is 9.80 Å². The van der Waals surface area contributed by atoms with Crippen LogP contribution in [0, 0.1) is 23.7 Å². The minimum atomic E-state index is 0.977. The van der Waals surface area contributed by atoms with E-state index in [2.05, 4.69) is 22.0 Å². The van der Waals surface area contributed by atoms with E-state index in [4.69, 9.17) is 0 Å². The van der Waals surface area contributed by atoms with Gasteiger partial charge in [-0.05, 0) is 108 Å². The molecular formula is C32H58N2. The van der Waals surface area contributed by atoms with E-state index in [1.54, 1.807) is 6.42 Å². The molecule has 0 spiro atoms. The van der Waals surface area contributed by atoms with E-state index < -0.39 is 0 Å². The number of hydrogen-bond donors (Lipinski definition) is 0. The SMILES string of the molecule is C1=CCCCCN2C[C@H]3CCCCCCCCCCN4CC[C@@H]([C@H](CCCCCC1)C4)[C@H](C3)C2. The van der Waals surface area contributed by atoms with Gasteiger partial charge in [-0.1, -0.05) is 76.4 Å². The fraction of sp³-hybridized carbons (Fsp3) is 0.938. The molecule has 0 aromatic rings. The van der Waals surface area contributed by atoms with E-state index in [0.717, 1.165) is 23.7 Å². The van der Waals surface area contributed by atoms with Gasteiger partial charge in [-0.2, -0.15) is 0 Å². The van der Waals surface area contributed by atoms with E-state index in [0.29, 0.717) is 0 Å². The Hall–Kier alpha value is -0.340. The van der Waals surface area contributed by atoms with Crippen molar-refractivity contribution >= 4 is 0 Å². The lowest BCUT2D eigenvalue weighted by atomic mass is 9.69. The van der Waals surface area contributed by atoms with Crippen molar-refractivity contribution in [2.75, 3.05) is 39.3 Å². The highest BCUT2D eigenvalue weighted by atomic mass is 15.1. The molecule has 2 heteroatoms. The van der Waals surface area contributed by atoms with Crippen molar-refractivity contribution in [2.24, 2.45) is 23.7 Å². The molecule has 0 N–H and O–H groups in total. The molecule has 4 fully saturated rings. The zero-order valence-electron chi connectivity index (χ0n) is 22.7. The first-order chi connectivity index (χ1) is 16.9. The summed E-state index contributed by atoms with van der Waals surface area (Å²) in [6.45, 7) is 8.41. The van der Waals surface area contributed by atoms with Crippen molar-refractivity contribution in [3.8, 4) is 0 Å². The summed E-state index contributed by atoms with van der Waals surface area (Å²) in [5.41, 5.74) is 0. The van der Waals surface area contributed by atoms with Gasteiger partial charge in [0.2, 0.25) is 0 Å². The molecule has 0 aliphatic carbocycles. The summed E-state index contributed by atoms with van der Waals surface area (Å²) in [5, 5.41) is 0. The van der Waals surface area contributed by atoms with Crippen LogP contribution in [0.3, 0.4) is 0 Å². The summed E-state index contributed by atoms with van der Waals surface area (Å²) >= 11 is 0. The largest absolute Gasteiger partial charge is 0.303 e. The van der Waals surface area contributed by atoms with Gasteiger partial charge < -0.3 is 9.80 Å². The Morgan fingerprint density at radius 1 is 0.441 bits per heavy atom. The molecule has 6 bridgehead atoms. The first-order valence-electron chi connectivity index (χ1n) is 16.0. The molecule has 2 nitrogen and oxygen atoms in total. The lowest BCUT2D eigenvalue weighted by Crippen LogP contribution is -2.49. The van der Waals surface area contributed by atoms with Crippen molar-refractivity contribution in [2.45, 2.75) is 128 Å². The minimum absolute atomic E-state index is 0.977. The maximum Gasteiger partial charge on any atom is 0.00127 e. The van der Waals surface area contributed by atoms with Crippen LogP contribution in [-0.2, 0) is 0 Å². The van der Waals surface area contributed by atoms with Crippen LogP contribution in [0.2, 0.25) is 0 Å². The summed E-state index contributed by atoms with van der Waals surface area (Å²) < 4.78 is 0. The Bertz CT molecular complexity index is 557. The third-order valence-electron chi connectivity index (χ3n) is 9.92. The molecule has 5 aliphatic rings. The quantitative estimate of drug-likeness (QED) is 0.328.